The van der Waals surface area contributed by atoms with Gasteiger partial charge in [0.25, 0.3) is 0 Å². The minimum absolute atomic E-state index is 0.312. The molecule has 0 amide bonds. The van der Waals surface area contributed by atoms with Crippen LogP contribution in [0.15, 0.2) is 18.3 Å². The molecule has 104 valence electrons. The number of rotatable bonds is 3. The first-order valence-corrected chi connectivity index (χ1v) is 7.54. The van der Waals surface area contributed by atoms with E-state index < -0.39 is 0 Å². The number of ether oxygens (including phenoxy) is 1. The van der Waals surface area contributed by atoms with E-state index in [0.29, 0.717) is 28.7 Å². The minimum atomic E-state index is 0.312. The van der Waals surface area contributed by atoms with Gasteiger partial charge in [-0.05, 0) is 42.1 Å². The smallest absolute Gasteiger partial charge is 0.134 e. The molecule has 3 heteroatoms. The third-order valence-electron chi connectivity index (χ3n) is 5.99. The molecule has 1 aromatic heterocycles. The summed E-state index contributed by atoms with van der Waals surface area (Å²) < 4.78 is 6.22. The van der Waals surface area contributed by atoms with Gasteiger partial charge in [0.2, 0.25) is 0 Å². The van der Waals surface area contributed by atoms with E-state index in [-0.39, 0.29) is 0 Å². The summed E-state index contributed by atoms with van der Waals surface area (Å²) in [6.07, 6.45) is 5.92. The van der Waals surface area contributed by atoms with Gasteiger partial charge in [-0.2, -0.15) is 0 Å². The van der Waals surface area contributed by atoms with Crippen molar-refractivity contribution in [2.24, 2.45) is 16.7 Å². The van der Waals surface area contributed by atoms with Crippen molar-refractivity contribution in [3.63, 3.8) is 0 Å². The van der Waals surface area contributed by atoms with E-state index in [9.17, 15) is 0 Å². The fourth-order valence-corrected chi connectivity index (χ4v) is 4.27. The summed E-state index contributed by atoms with van der Waals surface area (Å²) in [6.45, 7) is 7.79. The van der Waals surface area contributed by atoms with Crippen LogP contribution in [0.4, 0.5) is 0 Å². The topological polar surface area (TPSA) is 22.1 Å². The van der Waals surface area contributed by atoms with Crippen LogP contribution in [-0.2, 0) is 11.3 Å². The lowest BCUT2D eigenvalue weighted by molar-refractivity contribution is -0.0550. The SMILES string of the molecule is CC1(C)C2CCC1(C)C(OCc1cccnc1Cl)C2. The summed E-state index contributed by atoms with van der Waals surface area (Å²) in [6, 6.07) is 3.91. The predicted octanol–water partition coefficient (Wildman–Crippen LogP) is 4.47. The molecular weight excluding hydrogens is 258 g/mol. The average Bonchev–Trinajstić information content (AvgIpc) is 2.70. The first-order chi connectivity index (χ1) is 8.95. The van der Waals surface area contributed by atoms with Gasteiger partial charge in [-0.3, -0.25) is 0 Å². The summed E-state index contributed by atoms with van der Waals surface area (Å²) in [4.78, 5) is 4.10. The highest BCUT2D eigenvalue weighted by atomic mass is 35.5. The molecule has 2 saturated carbocycles. The highest BCUT2D eigenvalue weighted by Crippen LogP contribution is 2.66. The van der Waals surface area contributed by atoms with Gasteiger partial charge in [0.1, 0.15) is 5.15 Å². The monoisotopic (exact) mass is 279 g/mol. The van der Waals surface area contributed by atoms with Gasteiger partial charge in [0, 0.05) is 11.8 Å². The van der Waals surface area contributed by atoms with Gasteiger partial charge in [0.05, 0.1) is 12.7 Å². The van der Waals surface area contributed by atoms with Gasteiger partial charge in [-0.15, -0.1) is 0 Å². The molecule has 1 aromatic rings. The molecule has 0 spiro atoms. The minimum Gasteiger partial charge on any atom is -0.373 e. The maximum atomic E-state index is 6.22. The van der Waals surface area contributed by atoms with E-state index in [2.05, 4.69) is 25.8 Å². The number of aromatic nitrogens is 1. The van der Waals surface area contributed by atoms with Crippen molar-refractivity contribution in [3.05, 3.63) is 29.0 Å². The summed E-state index contributed by atoms with van der Waals surface area (Å²) in [5.41, 5.74) is 1.70. The van der Waals surface area contributed by atoms with Crippen molar-refractivity contribution < 1.29 is 4.74 Å². The molecule has 3 unspecified atom stereocenters. The van der Waals surface area contributed by atoms with Crippen molar-refractivity contribution in [3.8, 4) is 0 Å². The second kappa shape index (κ2) is 4.46. The van der Waals surface area contributed by atoms with E-state index in [1.54, 1.807) is 6.20 Å². The van der Waals surface area contributed by atoms with Gasteiger partial charge in [-0.25, -0.2) is 4.98 Å². The van der Waals surface area contributed by atoms with Crippen LogP contribution in [-0.4, -0.2) is 11.1 Å². The first kappa shape index (κ1) is 13.4. The van der Waals surface area contributed by atoms with E-state index >= 15 is 0 Å². The molecule has 3 rings (SSSR count). The number of pyridine rings is 1. The first-order valence-electron chi connectivity index (χ1n) is 7.16. The van der Waals surface area contributed by atoms with Crippen molar-refractivity contribution >= 4 is 11.6 Å². The van der Waals surface area contributed by atoms with Gasteiger partial charge >= 0.3 is 0 Å². The molecular formula is C16H22ClNO. The Balaban J connectivity index is 1.71. The molecule has 0 radical (unpaired) electrons. The van der Waals surface area contributed by atoms with Crippen LogP contribution < -0.4 is 0 Å². The lowest BCUT2D eigenvalue weighted by atomic mass is 9.70. The Labute approximate surface area is 120 Å². The standard InChI is InChI=1S/C16H22ClNO/c1-15(2)12-6-7-16(15,3)13(9-12)19-10-11-5-4-8-18-14(11)17/h4-5,8,12-13H,6-7,9-10H2,1-3H3. The Hall–Kier alpha value is -0.600. The van der Waals surface area contributed by atoms with Crippen molar-refractivity contribution in [2.45, 2.75) is 52.7 Å². The molecule has 2 nitrogen and oxygen atoms in total. The molecule has 0 aromatic carbocycles. The summed E-state index contributed by atoms with van der Waals surface area (Å²) in [5, 5.41) is 0.565. The van der Waals surface area contributed by atoms with Gasteiger partial charge in [-0.1, -0.05) is 38.4 Å². The summed E-state index contributed by atoms with van der Waals surface area (Å²) in [7, 11) is 0. The zero-order valence-corrected chi connectivity index (χ0v) is 12.7. The van der Waals surface area contributed by atoms with Crippen LogP contribution in [0.3, 0.4) is 0 Å². The van der Waals surface area contributed by atoms with Gasteiger partial charge in [0.15, 0.2) is 0 Å². The number of halogens is 1. The maximum Gasteiger partial charge on any atom is 0.134 e. The van der Waals surface area contributed by atoms with Crippen LogP contribution in [0.1, 0.15) is 45.6 Å². The zero-order chi connectivity index (χ0) is 13.7. The van der Waals surface area contributed by atoms with Crippen LogP contribution in [0.25, 0.3) is 0 Å². The molecule has 3 atom stereocenters. The highest BCUT2D eigenvalue weighted by molar-refractivity contribution is 6.30. The van der Waals surface area contributed by atoms with Crippen LogP contribution >= 0.6 is 11.6 Å². The Morgan fingerprint density at radius 2 is 2.21 bits per heavy atom. The van der Waals surface area contributed by atoms with Gasteiger partial charge < -0.3 is 4.74 Å². The molecule has 2 bridgehead atoms. The fourth-order valence-electron chi connectivity index (χ4n) is 4.10. The van der Waals surface area contributed by atoms with E-state index in [1.165, 1.54) is 19.3 Å². The van der Waals surface area contributed by atoms with Crippen molar-refractivity contribution in [2.75, 3.05) is 0 Å². The molecule has 0 saturated heterocycles. The van der Waals surface area contributed by atoms with E-state index in [1.807, 2.05) is 12.1 Å². The van der Waals surface area contributed by atoms with E-state index in [4.69, 9.17) is 16.3 Å². The third kappa shape index (κ3) is 1.92. The molecule has 2 aliphatic rings. The van der Waals surface area contributed by atoms with Crippen molar-refractivity contribution in [1.29, 1.82) is 0 Å². The third-order valence-corrected chi connectivity index (χ3v) is 6.33. The summed E-state index contributed by atoms with van der Waals surface area (Å²) in [5.74, 6) is 0.812. The fraction of sp³-hybridized carbons (Fsp3) is 0.688. The second-order valence-corrected chi connectivity index (χ2v) is 7.22. The van der Waals surface area contributed by atoms with E-state index in [0.717, 1.165) is 11.5 Å². The number of hydrogen-bond donors (Lipinski definition) is 0. The normalized spacial score (nSPS) is 35.8. The van der Waals surface area contributed by atoms with Crippen LogP contribution in [0.5, 0.6) is 0 Å². The molecule has 2 aliphatic carbocycles. The molecule has 2 fully saturated rings. The zero-order valence-electron chi connectivity index (χ0n) is 11.9. The quantitative estimate of drug-likeness (QED) is 0.762. The largest absolute Gasteiger partial charge is 0.373 e. The van der Waals surface area contributed by atoms with Crippen LogP contribution in [0.2, 0.25) is 5.15 Å². The highest BCUT2D eigenvalue weighted by Gasteiger charge is 2.61. The lowest BCUT2D eigenvalue weighted by Crippen LogP contribution is -2.37. The molecule has 0 N–H and O–H groups in total. The number of nitrogens with zero attached hydrogens (tertiary/aromatic N) is 1. The molecule has 0 aliphatic heterocycles. The Morgan fingerprint density at radius 1 is 1.42 bits per heavy atom. The Morgan fingerprint density at radius 3 is 2.79 bits per heavy atom. The Kier molecular flexibility index (Phi) is 3.14. The lowest BCUT2D eigenvalue weighted by Gasteiger charge is -2.38. The molecule has 19 heavy (non-hydrogen) atoms. The maximum absolute atomic E-state index is 6.22. The van der Waals surface area contributed by atoms with Crippen molar-refractivity contribution in [1.82, 2.24) is 4.98 Å². The average molecular weight is 280 g/mol. The summed E-state index contributed by atoms with van der Waals surface area (Å²) >= 11 is 6.09. The Bertz CT molecular complexity index is 487. The second-order valence-electron chi connectivity index (χ2n) is 6.86. The number of fused-ring (bicyclic) bond motifs is 2. The number of hydrogen-bond acceptors (Lipinski definition) is 2. The van der Waals surface area contributed by atoms with Crippen LogP contribution in [0, 0.1) is 16.7 Å². The predicted molar refractivity (Wildman–Crippen MR) is 77.1 cm³/mol. The molecule has 1 heterocycles.